The summed E-state index contributed by atoms with van der Waals surface area (Å²) in [5.74, 6) is 5.86. The maximum absolute atomic E-state index is 11.0. The van der Waals surface area contributed by atoms with Crippen molar-refractivity contribution in [3.05, 3.63) is 46.4 Å². The Morgan fingerprint density at radius 3 is 2.89 bits per heavy atom. The number of nitrogens with one attached hydrogen (secondary N) is 1. The summed E-state index contributed by atoms with van der Waals surface area (Å²) in [6, 6.07) is 4.60. The van der Waals surface area contributed by atoms with Crippen LogP contribution in [0.2, 0.25) is 0 Å². The van der Waals surface area contributed by atoms with E-state index in [-0.39, 0.29) is 11.5 Å². The van der Waals surface area contributed by atoms with Crippen molar-refractivity contribution in [3.63, 3.8) is 0 Å². The minimum Gasteiger partial charge on any atom is -0.472 e. The van der Waals surface area contributed by atoms with Gasteiger partial charge in [-0.15, -0.1) is 0 Å². The molecule has 3 N–H and O–H groups in total. The molecule has 8 heteroatoms. The summed E-state index contributed by atoms with van der Waals surface area (Å²) in [5, 5.41) is 11.0. The topological polar surface area (TPSA) is 110 Å². The molecule has 0 saturated carbocycles. The first-order valence-corrected chi connectivity index (χ1v) is 5.46. The molecule has 2 aromatic rings. The van der Waals surface area contributed by atoms with Crippen LogP contribution in [-0.4, -0.2) is 17.0 Å². The average Bonchev–Trinajstić information content (AvgIpc) is 2.90. The monoisotopic (exact) mass is 263 g/mol. The quantitative estimate of drug-likeness (QED) is 0.477. The molecule has 0 aliphatic carbocycles. The maximum atomic E-state index is 11.0. The number of anilines is 2. The molecule has 0 aromatic carbocycles. The van der Waals surface area contributed by atoms with Gasteiger partial charge >= 0.3 is 5.69 Å². The predicted molar refractivity (Wildman–Crippen MR) is 69.5 cm³/mol. The van der Waals surface area contributed by atoms with Crippen molar-refractivity contribution in [3.8, 4) is 0 Å². The molecule has 8 nitrogen and oxygen atoms in total. The second-order valence-corrected chi connectivity index (χ2v) is 3.93. The van der Waals surface area contributed by atoms with Crippen molar-refractivity contribution < 1.29 is 9.34 Å². The molecule has 19 heavy (non-hydrogen) atoms. The van der Waals surface area contributed by atoms with Crippen LogP contribution in [-0.2, 0) is 6.54 Å². The Balaban J connectivity index is 2.32. The van der Waals surface area contributed by atoms with Gasteiger partial charge in [-0.05, 0) is 12.1 Å². The number of hydrogen-bond donors (Lipinski definition) is 2. The van der Waals surface area contributed by atoms with E-state index in [4.69, 9.17) is 10.3 Å². The van der Waals surface area contributed by atoms with Gasteiger partial charge in [-0.25, -0.2) is 10.8 Å². The molecule has 100 valence electrons. The largest absolute Gasteiger partial charge is 0.472 e. The predicted octanol–water partition coefficient (Wildman–Crippen LogP) is 1.50. The first-order chi connectivity index (χ1) is 9.11. The van der Waals surface area contributed by atoms with Gasteiger partial charge in [-0.3, -0.25) is 10.1 Å². The molecular formula is C11H13N5O3. The third-order valence-corrected chi connectivity index (χ3v) is 2.56. The van der Waals surface area contributed by atoms with Crippen LogP contribution in [0.4, 0.5) is 17.3 Å². The fourth-order valence-corrected chi connectivity index (χ4v) is 1.68. The van der Waals surface area contributed by atoms with Gasteiger partial charge in [0.05, 0.1) is 17.4 Å². The van der Waals surface area contributed by atoms with Crippen LogP contribution in [0.25, 0.3) is 0 Å². The van der Waals surface area contributed by atoms with E-state index in [1.54, 1.807) is 30.5 Å². The van der Waals surface area contributed by atoms with Crippen LogP contribution >= 0.6 is 0 Å². The minimum atomic E-state index is -0.478. The van der Waals surface area contributed by atoms with Gasteiger partial charge in [0.15, 0.2) is 0 Å². The molecule has 2 heterocycles. The summed E-state index contributed by atoms with van der Waals surface area (Å²) in [7, 11) is 1.71. The van der Waals surface area contributed by atoms with Crippen molar-refractivity contribution in [2.45, 2.75) is 6.54 Å². The lowest BCUT2D eigenvalue weighted by Crippen LogP contribution is -2.20. The zero-order valence-corrected chi connectivity index (χ0v) is 10.2. The zero-order valence-electron chi connectivity index (χ0n) is 10.2. The van der Waals surface area contributed by atoms with Crippen molar-refractivity contribution in [2.75, 3.05) is 17.4 Å². The van der Waals surface area contributed by atoms with Gasteiger partial charge in [-0.2, -0.15) is 0 Å². The Hall–Kier alpha value is -2.61. The van der Waals surface area contributed by atoms with Crippen molar-refractivity contribution in [1.82, 2.24) is 4.98 Å². The van der Waals surface area contributed by atoms with Gasteiger partial charge in [0.2, 0.25) is 5.82 Å². The zero-order chi connectivity index (χ0) is 13.8. The molecule has 0 radical (unpaired) electrons. The molecule has 0 fully saturated rings. The van der Waals surface area contributed by atoms with Crippen molar-refractivity contribution >= 4 is 17.3 Å². The lowest BCUT2D eigenvalue weighted by atomic mass is 10.3. The molecular weight excluding hydrogens is 250 g/mol. The number of hydrogen-bond acceptors (Lipinski definition) is 7. The van der Waals surface area contributed by atoms with Gasteiger partial charge in [0, 0.05) is 25.2 Å². The van der Waals surface area contributed by atoms with Gasteiger partial charge < -0.3 is 14.7 Å². The molecule has 0 spiro atoms. The molecule has 0 bridgehead atoms. The highest BCUT2D eigenvalue weighted by atomic mass is 16.6. The smallest absolute Gasteiger partial charge is 0.311 e. The van der Waals surface area contributed by atoms with E-state index in [1.807, 2.05) is 0 Å². The Labute approximate surface area is 109 Å². The first-order valence-electron chi connectivity index (χ1n) is 5.46. The number of rotatable bonds is 5. The first kappa shape index (κ1) is 12.8. The number of hydrazine groups is 1. The summed E-state index contributed by atoms with van der Waals surface area (Å²) in [4.78, 5) is 16.3. The summed E-state index contributed by atoms with van der Waals surface area (Å²) >= 11 is 0. The molecule has 0 saturated heterocycles. The van der Waals surface area contributed by atoms with Crippen LogP contribution < -0.4 is 16.2 Å². The van der Waals surface area contributed by atoms with E-state index in [0.717, 1.165) is 5.56 Å². The Bertz CT molecular complexity index is 570. The van der Waals surface area contributed by atoms with Crippen LogP contribution in [0, 0.1) is 10.1 Å². The van der Waals surface area contributed by atoms with Crippen molar-refractivity contribution in [1.29, 1.82) is 0 Å². The Morgan fingerprint density at radius 1 is 1.53 bits per heavy atom. The number of nitro groups is 1. The van der Waals surface area contributed by atoms with Crippen LogP contribution in [0.15, 0.2) is 35.1 Å². The highest BCUT2D eigenvalue weighted by Gasteiger charge is 2.19. The van der Waals surface area contributed by atoms with Crippen LogP contribution in [0.3, 0.4) is 0 Å². The fourth-order valence-electron chi connectivity index (χ4n) is 1.68. The van der Waals surface area contributed by atoms with E-state index in [2.05, 4.69) is 10.4 Å². The highest BCUT2D eigenvalue weighted by molar-refractivity contribution is 5.61. The lowest BCUT2D eigenvalue weighted by molar-refractivity contribution is -0.384. The van der Waals surface area contributed by atoms with Gasteiger partial charge in [0.1, 0.15) is 5.82 Å². The molecule has 2 rings (SSSR count). The minimum absolute atomic E-state index is 0.0787. The molecule has 0 aliphatic heterocycles. The van der Waals surface area contributed by atoms with E-state index >= 15 is 0 Å². The Kier molecular flexibility index (Phi) is 3.62. The molecule has 0 amide bonds. The van der Waals surface area contributed by atoms with E-state index in [1.165, 1.54) is 12.1 Å². The van der Waals surface area contributed by atoms with Crippen LogP contribution in [0.1, 0.15) is 5.56 Å². The molecule has 0 aliphatic rings. The number of nitrogens with two attached hydrogens (primary N) is 1. The molecule has 2 aromatic heterocycles. The molecule has 0 unspecified atom stereocenters. The number of pyridine rings is 1. The summed E-state index contributed by atoms with van der Waals surface area (Å²) < 4.78 is 4.96. The fraction of sp³-hybridized carbons (Fsp3) is 0.182. The van der Waals surface area contributed by atoms with Crippen molar-refractivity contribution in [2.24, 2.45) is 5.84 Å². The van der Waals surface area contributed by atoms with Gasteiger partial charge in [-0.1, -0.05) is 0 Å². The number of nitrogen functional groups attached to an aromatic ring is 1. The number of aromatic nitrogens is 1. The third-order valence-electron chi connectivity index (χ3n) is 2.56. The van der Waals surface area contributed by atoms with Crippen LogP contribution in [0.5, 0.6) is 0 Å². The molecule has 0 atom stereocenters. The van der Waals surface area contributed by atoms with E-state index in [9.17, 15) is 10.1 Å². The summed E-state index contributed by atoms with van der Waals surface area (Å²) in [6.45, 7) is 0.443. The maximum Gasteiger partial charge on any atom is 0.311 e. The summed E-state index contributed by atoms with van der Waals surface area (Å²) in [6.07, 6.45) is 3.12. The number of nitrogens with zero attached hydrogens (tertiary/aromatic N) is 3. The summed E-state index contributed by atoms with van der Waals surface area (Å²) in [5.41, 5.74) is 3.18. The third kappa shape index (κ3) is 2.80. The Morgan fingerprint density at radius 2 is 2.32 bits per heavy atom. The highest BCUT2D eigenvalue weighted by Crippen LogP contribution is 2.27. The lowest BCUT2D eigenvalue weighted by Gasteiger charge is -2.17. The van der Waals surface area contributed by atoms with E-state index < -0.39 is 4.92 Å². The standard InChI is InChI=1S/C11H13N5O3/c1-15(6-8-4-5-19-7-8)11-9(16(17)18)2-3-10(13-11)14-12/h2-5,7H,6,12H2,1H3,(H,13,14). The van der Waals surface area contributed by atoms with E-state index in [0.29, 0.717) is 12.4 Å². The normalized spacial score (nSPS) is 10.2. The van der Waals surface area contributed by atoms with Gasteiger partial charge in [0.25, 0.3) is 0 Å². The SMILES string of the molecule is CN(Cc1ccoc1)c1nc(NN)ccc1[N+](=O)[O-]. The number of furan rings is 1. The second-order valence-electron chi connectivity index (χ2n) is 3.93. The average molecular weight is 263 g/mol. The second kappa shape index (κ2) is 5.36.